The van der Waals surface area contributed by atoms with Gasteiger partial charge in [0.1, 0.15) is 5.82 Å². The zero-order valence-corrected chi connectivity index (χ0v) is 12.7. The van der Waals surface area contributed by atoms with E-state index in [1.54, 1.807) is 17.4 Å². The summed E-state index contributed by atoms with van der Waals surface area (Å²) in [5.41, 5.74) is 0.929. The lowest BCUT2D eigenvalue weighted by Crippen LogP contribution is -2.22. The van der Waals surface area contributed by atoms with Crippen LogP contribution in [-0.2, 0) is 6.42 Å². The van der Waals surface area contributed by atoms with E-state index in [0.717, 1.165) is 21.3 Å². The van der Waals surface area contributed by atoms with Crippen LogP contribution in [0.2, 0.25) is 9.36 Å². The standard InChI is InChI=1S/C14H14Cl2FNS/c1-2-18-12(13-5-6-14(16)19-13)7-9-3-4-10(17)8-11(9)15/h3-6,8,12,18H,2,7H2,1H3. The number of rotatable bonds is 5. The van der Waals surface area contributed by atoms with Gasteiger partial charge in [-0.2, -0.15) is 0 Å². The Morgan fingerprint density at radius 1 is 1.26 bits per heavy atom. The molecule has 1 N–H and O–H groups in total. The maximum Gasteiger partial charge on any atom is 0.124 e. The van der Waals surface area contributed by atoms with Gasteiger partial charge in [-0.3, -0.25) is 0 Å². The minimum atomic E-state index is -0.312. The van der Waals surface area contributed by atoms with Crippen molar-refractivity contribution in [1.29, 1.82) is 0 Å². The van der Waals surface area contributed by atoms with Crippen molar-refractivity contribution in [2.24, 2.45) is 0 Å². The zero-order valence-electron chi connectivity index (χ0n) is 10.4. The van der Waals surface area contributed by atoms with Gasteiger partial charge in [0.15, 0.2) is 0 Å². The molecule has 0 fully saturated rings. The van der Waals surface area contributed by atoms with Crippen LogP contribution < -0.4 is 5.32 Å². The Balaban J connectivity index is 2.21. The van der Waals surface area contributed by atoms with E-state index in [9.17, 15) is 4.39 Å². The van der Waals surface area contributed by atoms with E-state index >= 15 is 0 Å². The molecular weight excluding hydrogens is 304 g/mol. The lowest BCUT2D eigenvalue weighted by Gasteiger charge is -2.17. The maximum atomic E-state index is 13.0. The average Bonchev–Trinajstić information content (AvgIpc) is 2.78. The third kappa shape index (κ3) is 3.93. The molecule has 1 heterocycles. The first-order valence-corrected chi connectivity index (χ1v) is 7.60. The van der Waals surface area contributed by atoms with E-state index in [1.807, 2.05) is 12.1 Å². The molecule has 0 saturated heterocycles. The Kier molecular flexibility index (Phi) is 5.22. The first kappa shape index (κ1) is 14.8. The molecule has 0 aliphatic rings. The van der Waals surface area contributed by atoms with Crippen molar-refractivity contribution >= 4 is 34.5 Å². The van der Waals surface area contributed by atoms with Gasteiger partial charge in [-0.15, -0.1) is 11.3 Å². The van der Waals surface area contributed by atoms with Crippen molar-refractivity contribution in [3.63, 3.8) is 0 Å². The molecule has 19 heavy (non-hydrogen) atoms. The zero-order chi connectivity index (χ0) is 13.8. The largest absolute Gasteiger partial charge is 0.309 e. The van der Waals surface area contributed by atoms with Crippen molar-refractivity contribution in [2.45, 2.75) is 19.4 Å². The van der Waals surface area contributed by atoms with E-state index in [-0.39, 0.29) is 11.9 Å². The third-order valence-electron chi connectivity index (χ3n) is 2.83. The number of benzene rings is 1. The van der Waals surface area contributed by atoms with Gasteiger partial charge in [-0.05, 0) is 42.8 Å². The number of hydrogen-bond donors (Lipinski definition) is 1. The summed E-state index contributed by atoms with van der Waals surface area (Å²) in [7, 11) is 0. The molecule has 1 aromatic heterocycles. The van der Waals surface area contributed by atoms with Gasteiger partial charge in [0.05, 0.1) is 4.34 Å². The number of nitrogens with one attached hydrogen (secondary N) is 1. The lowest BCUT2D eigenvalue weighted by molar-refractivity contribution is 0.557. The van der Waals surface area contributed by atoms with Gasteiger partial charge in [-0.25, -0.2) is 4.39 Å². The predicted octanol–water partition coefficient (Wildman–Crippen LogP) is 5.09. The fraction of sp³-hybridized carbons (Fsp3) is 0.286. The van der Waals surface area contributed by atoms with Crippen LogP contribution in [0.4, 0.5) is 4.39 Å². The number of likely N-dealkylation sites (N-methyl/N-ethyl adjacent to an activating group) is 1. The second kappa shape index (κ2) is 6.71. The number of halogens is 3. The first-order valence-electron chi connectivity index (χ1n) is 6.02. The van der Waals surface area contributed by atoms with E-state index in [2.05, 4.69) is 12.2 Å². The van der Waals surface area contributed by atoms with Crippen LogP contribution in [0.15, 0.2) is 30.3 Å². The molecule has 0 saturated carbocycles. The van der Waals surface area contributed by atoms with Gasteiger partial charge in [-0.1, -0.05) is 36.2 Å². The van der Waals surface area contributed by atoms with Gasteiger partial charge in [0.25, 0.3) is 0 Å². The van der Waals surface area contributed by atoms with Crippen LogP contribution in [0.5, 0.6) is 0 Å². The van der Waals surface area contributed by atoms with Crippen LogP contribution >= 0.6 is 34.5 Å². The first-order chi connectivity index (χ1) is 9.10. The summed E-state index contributed by atoms with van der Waals surface area (Å²) in [5.74, 6) is -0.312. The molecule has 1 nitrogen and oxygen atoms in total. The molecule has 0 spiro atoms. The molecule has 0 aliphatic heterocycles. The van der Waals surface area contributed by atoms with Crippen molar-refractivity contribution in [3.8, 4) is 0 Å². The molecule has 102 valence electrons. The number of hydrogen-bond acceptors (Lipinski definition) is 2. The highest BCUT2D eigenvalue weighted by molar-refractivity contribution is 7.16. The molecular formula is C14H14Cl2FNS. The molecule has 2 aromatic rings. The molecule has 1 atom stereocenters. The summed E-state index contributed by atoms with van der Waals surface area (Å²) < 4.78 is 13.8. The van der Waals surface area contributed by atoms with Crippen LogP contribution in [0, 0.1) is 5.82 Å². The topological polar surface area (TPSA) is 12.0 Å². The Hall–Kier alpha value is -0.610. The van der Waals surface area contributed by atoms with Crippen molar-refractivity contribution in [2.75, 3.05) is 6.54 Å². The SMILES string of the molecule is CCNC(Cc1ccc(F)cc1Cl)c1ccc(Cl)s1. The van der Waals surface area contributed by atoms with Crippen LogP contribution in [0.1, 0.15) is 23.4 Å². The number of thiophene rings is 1. The van der Waals surface area contributed by atoms with Gasteiger partial charge < -0.3 is 5.32 Å². The predicted molar refractivity (Wildman–Crippen MR) is 80.9 cm³/mol. The van der Waals surface area contributed by atoms with Gasteiger partial charge in [0.2, 0.25) is 0 Å². The summed E-state index contributed by atoms with van der Waals surface area (Å²) in [6, 6.07) is 8.56. The van der Waals surface area contributed by atoms with Crippen molar-refractivity contribution < 1.29 is 4.39 Å². The molecule has 0 aliphatic carbocycles. The Labute approximate surface area is 126 Å². The second-order valence-electron chi connectivity index (χ2n) is 4.19. The molecule has 1 unspecified atom stereocenters. The summed E-state index contributed by atoms with van der Waals surface area (Å²) >= 11 is 13.6. The van der Waals surface area contributed by atoms with Crippen LogP contribution in [0.25, 0.3) is 0 Å². The van der Waals surface area contributed by atoms with Crippen molar-refractivity contribution in [3.05, 3.63) is 55.9 Å². The highest BCUT2D eigenvalue weighted by Gasteiger charge is 2.15. The lowest BCUT2D eigenvalue weighted by atomic mass is 10.0. The minimum Gasteiger partial charge on any atom is -0.309 e. The van der Waals surface area contributed by atoms with E-state index in [0.29, 0.717) is 11.4 Å². The highest BCUT2D eigenvalue weighted by atomic mass is 35.5. The molecule has 0 bridgehead atoms. The Morgan fingerprint density at radius 2 is 2.05 bits per heavy atom. The quantitative estimate of drug-likeness (QED) is 0.810. The van der Waals surface area contributed by atoms with Gasteiger partial charge in [0, 0.05) is 15.9 Å². The monoisotopic (exact) mass is 317 g/mol. The van der Waals surface area contributed by atoms with E-state index in [1.165, 1.54) is 12.1 Å². The molecule has 5 heteroatoms. The highest BCUT2D eigenvalue weighted by Crippen LogP contribution is 2.30. The molecule has 2 rings (SSSR count). The van der Waals surface area contributed by atoms with Crippen LogP contribution in [0.3, 0.4) is 0 Å². The smallest absolute Gasteiger partial charge is 0.124 e. The fourth-order valence-corrected chi connectivity index (χ4v) is 3.32. The third-order valence-corrected chi connectivity index (χ3v) is 4.52. The van der Waals surface area contributed by atoms with Crippen molar-refractivity contribution in [1.82, 2.24) is 5.32 Å². The Morgan fingerprint density at radius 3 is 2.63 bits per heavy atom. The summed E-state index contributed by atoms with van der Waals surface area (Å²) in [6.07, 6.45) is 0.712. The normalized spacial score (nSPS) is 12.6. The summed E-state index contributed by atoms with van der Waals surface area (Å²) in [4.78, 5) is 1.16. The van der Waals surface area contributed by atoms with E-state index in [4.69, 9.17) is 23.2 Å². The summed E-state index contributed by atoms with van der Waals surface area (Å²) in [6.45, 7) is 2.90. The van der Waals surface area contributed by atoms with Gasteiger partial charge >= 0.3 is 0 Å². The minimum absolute atomic E-state index is 0.144. The van der Waals surface area contributed by atoms with Crippen LogP contribution in [-0.4, -0.2) is 6.54 Å². The Bertz CT molecular complexity index is 556. The molecule has 0 radical (unpaired) electrons. The molecule has 1 aromatic carbocycles. The molecule has 0 amide bonds. The average molecular weight is 318 g/mol. The fourth-order valence-electron chi connectivity index (χ4n) is 1.94. The summed E-state index contributed by atoms with van der Waals surface area (Å²) in [5, 5.41) is 3.87. The van der Waals surface area contributed by atoms with E-state index < -0.39 is 0 Å². The maximum absolute atomic E-state index is 13.0. The second-order valence-corrected chi connectivity index (χ2v) is 6.35.